The zero-order valence-corrected chi connectivity index (χ0v) is 12.2. The zero-order valence-electron chi connectivity index (χ0n) is 11.5. The van der Waals surface area contributed by atoms with Gasteiger partial charge in [0.15, 0.2) is 0 Å². The molecule has 0 aliphatic heterocycles. The second-order valence-electron chi connectivity index (χ2n) is 5.38. The lowest BCUT2D eigenvalue weighted by molar-refractivity contribution is -0.884. The smallest absolute Gasteiger partial charge is 0.250 e. The van der Waals surface area contributed by atoms with Crippen molar-refractivity contribution in [2.45, 2.75) is 13.5 Å². The van der Waals surface area contributed by atoms with E-state index in [-0.39, 0.29) is 18.3 Å². The van der Waals surface area contributed by atoms with Crippen LogP contribution < -0.4 is 17.7 Å². The second kappa shape index (κ2) is 6.57. The largest absolute Gasteiger partial charge is 1.00 e. The van der Waals surface area contributed by atoms with Gasteiger partial charge in [-0.05, 0) is 19.1 Å². The third-order valence-electron chi connectivity index (χ3n) is 2.26. The Hall–Kier alpha value is -1.32. The van der Waals surface area contributed by atoms with Crippen LogP contribution in [0.3, 0.4) is 0 Å². The van der Waals surface area contributed by atoms with Crippen molar-refractivity contribution in [3.05, 3.63) is 42.0 Å². The average Bonchev–Trinajstić information content (AvgIpc) is 2.18. The van der Waals surface area contributed by atoms with Crippen LogP contribution in [0, 0.1) is 0 Å². The zero-order chi connectivity index (χ0) is 13.1. The number of anilines is 1. The fourth-order valence-electron chi connectivity index (χ4n) is 1.48. The second-order valence-corrected chi connectivity index (χ2v) is 5.38. The fraction of sp³-hybridized carbons (Fsp3) is 0.357. The first kappa shape index (κ1) is 16.7. The maximum absolute atomic E-state index is 11.4. The summed E-state index contributed by atoms with van der Waals surface area (Å²) in [6, 6.07) is 7.92. The lowest BCUT2D eigenvalue weighted by Crippen LogP contribution is -3.00. The molecule has 100 valence electrons. The lowest BCUT2D eigenvalue weighted by Gasteiger charge is -2.23. The van der Waals surface area contributed by atoms with Gasteiger partial charge in [-0.25, -0.2) is 0 Å². The van der Waals surface area contributed by atoms with Gasteiger partial charge in [0.25, 0.3) is 5.91 Å². The molecule has 1 amide bonds. The van der Waals surface area contributed by atoms with Gasteiger partial charge in [0.05, 0.1) is 21.1 Å². The third kappa shape index (κ3) is 5.84. The first-order chi connectivity index (χ1) is 7.78. The van der Waals surface area contributed by atoms with Crippen molar-refractivity contribution in [2.75, 3.05) is 26.5 Å². The molecule has 3 nitrogen and oxygen atoms in total. The Morgan fingerprint density at radius 2 is 1.72 bits per heavy atom. The number of rotatable bonds is 4. The predicted octanol–water partition coefficient (Wildman–Crippen LogP) is -0.589. The molecule has 18 heavy (non-hydrogen) atoms. The van der Waals surface area contributed by atoms with Crippen LogP contribution in [0.4, 0.5) is 5.69 Å². The van der Waals surface area contributed by atoms with Gasteiger partial charge < -0.3 is 22.2 Å². The molecular formula is C14H21ClN2O. The van der Waals surface area contributed by atoms with E-state index in [0.29, 0.717) is 5.57 Å². The number of quaternary nitrogens is 1. The van der Waals surface area contributed by atoms with E-state index in [2.05, 4.69) is 33.0 Å². The highest BCUT2D eigenvalue weighted by Crippen LogP contribution is 2.13. The molecule has 0 aromatic heterocycles. The van der Waals surface area contributed by atoms with Crippen LogP contribution in [0.1, 0.15) is 12.5 Å². The summed E-state index contributed by atoms with van der Waals surface area (Å²) in [5.41, 5.74) is 2.58. The summed E-state index contributed by atoms with van der Waals surface area (Å²) in [6.45, 7) is 6.26. The van der Waals surface area contributed by atoms with E-state index in [9.17, 15) is 4.79 Å². The van der Waals surface area contributed by atoms with Crippen LogP contribution in [-0.2, 0) is 11.3 Å². The van der Waals surface area contributed by atoms with Crippen molar-refractivity contribution in [3.63, 3.8) is 0 Å². The molecule has 0 aliphatic carbocycles. The quantitative estimate of drug-likeness (QED) is 0.574. The van der Waals surface area contributed by atoms with E-state index >= 15 is 0 Å². The Labute approximate surface area is 115 Å². The Morgan fingerprint density at radius 3 is 2.11 bits per heavy atom. The number of hydrogen-bond acceptors (Lipinski definition) is 1. The highest BCUT2D eigenvalue weighted by molar-refractivity contribution is 6.02. The molecule has 0 spiro atoms. The fourth-order valence-corrected chi connectivity index (χ4v) is 1.48. The number of amides is 1. The Balaban J connectivity index is 0.00000289. The molecule has 0 bridgehead atoms. The number of carbonyl (C=O) groups excluding carboxylic acids is 1. The summed E-state index contributed by atoms with van der Waals surface area (Å²) in [4.78, 5) is 11.4. The molecule has 1 aromatic rings. The van der Waals surface area contributed by atoms with Crippen molar-refractivity contribution in [2.24, 2.45) is 0 Å². The Morgan fingerprint density at radius 1 is 1.22 bits per heavy atom. The first-order valence-electron chi connectivity index (χ1n) is 5.64. The number of halogens is 1. The average molecular weight is 269 g/mol. The van der Waals surface area contributed by atoms with Gasteiger partial charge in [0.1, 0.15) is 6.54 Å². The van der Waals surface area contributed by atoms with Crippen molar-refractivity contribution >= 4 is 11.6 Å². The SMILES string of the molecule is C=C(C)C(=O)Nc1ccc(C[N+](C)(C)C)cc1.[Cl-]. The number of carbonyl (C=O) groups is 1. The highest BCUT2D eigenvalue weighted by Gasteiger charge is 2.08. The standard InChI is InChI=1S/C14H20N2O.ClH/c1-11(2)14(17)15-13-8-6-12(7-9-13)10-16(3,4)5;/h6-9H,1,10H2,2-5H3;1H. The summed E-state index contributed by atoms with van der Waals surface area (Å²) >= 11 is 0. The van der Waals surface area contributed by atoms with Crippen LogP contribution in [-0.4, -0.2) is 31.5 Å². The monoisotopic (exact) mass is 268 g/mol. The van der Waals surface area contributed by atoms with Crippen molar-refractivity contribution < 1.29 is 21.7 Å². The number of nitrogens with one attached hydrogen (secondary N) is 1. The molecule has 0 heterocycles. The van der Waals surface area contributed by atoms with Crippen molar-refractivity contribution in [3.8, 4) is 0 Å². The van der Waals surface area contributed by atoms with Crippen molar-refractivity contribution in [1.29, 1.82) is 0 Å². The van der Waals surface area contributed by atoms with Gasteiger partial charge in [-0.1, -0.05) is 18.7 Å². The van der Waals surface area contributed by atoms with E-state index in [1.165, 1.54) is 5.56 Å². The van der Waals surface area contributed by atoms with Gasteiger partial charge in [-0.3, -0.25) is 4.79 Å². The molecule has 0 saturated carbocycles. The van der Waals surface area contributed by atoms with Crippen LogP contribution in [0.2, 0.25) is 0 Å². The maximum Gasteiger partial charge on any atom is 0.250 e. The topological polar surface area (TPSA) is 29.1 Å². The number of benzene rings is 1. The molecule has 1 rings (SSSR count). The summed E-state index contributed by atoms with van der Waals surface area (Å²) in [7, 11) is 6.45. The van der Waals surface area contributed by atoms with E-state index in [1.807, 2.05) is 24.3 Å². The van der Waals surface area contributed by atoms with E-state index in [0.717, 1.165) is 16.7 Å². The summed E-state index contributed by atoms with van der Waals surface area (Å²) in [5, 5.41) is 2.79. The van der Waals surface area contributed by atoms with Crippen LogP contribution in [0.15, 0.2) is 36.4 Å². The summed E-state index contributed by atoms with van der Waals surface area (Å²) < 4.78 is 0.886. The molecule has 0 saturated heterocycles. The van der Waals surface area contributed by atoms with Crippen LogP contribution in [0.5, 0.6) is 0 Å². The third-order valence-corrected chi connectivity index (χ3v) is 2.26. The highest BCUT2D eigenvalue weighted by atomic mass is 35.5. The number of nitrogens with zero attached hydrogens (tertiary/aromatic N) is 1. The van der Waals surface area contributed by atoms with E-state index < -0.39 is 0 Å². The Bertz CT molecular complexity index is 418. The minimum atomic E-state index is -0.135. The number of hydrogen-bond donors (Lipinski definition) is 1. The van der Waals surface area contributed by atoms with Crippen molar-refractivity contribution in [1.82, 2.24) is 0 Å². The van der Waals surface area contributed by atoms with Crippen LogP contribution >= 0.6 is 0 Å². The van der Waals surface area contributed by atoms with Crippen LogP contribution in [0.25, 0.3) is 0 Å². The van der Waals surface area contributed by atoms with E-state index in [1.54, 1.807) is 6.92 Å². The van der Waals surface area contributed by atoms with Gasteiger partial charge in [0, 0.05) is 16.8 Å². The molecular weight excluding hydrogens is 248 g/mol. The summed E-state index contributed by atoms with van der Waals surface area (Å²) in [6.07, 6.45) is 0. The van der Waals surface area contributed by atoms with Gasteiger partial charge in [-0.2, -0.15) is 0 Å². The molecule has 4 heteroatoms. The predicted molar refractivity (Wildman–Crippen MR) is 71.6 cm³/mol. The summed E-state index contributed by atoms with van der Waals surface area (Å²) in [5.74, 6) is -0.135. The van der Waals surface area contributed by atoms with Gasteiger partial charge >= 0.3 is 0 Å². The van der Waals surface area contributed by atoms with Gasteiger partial charge in [0.2, 0.25) is 0 Å². The first-order valence-corrected chi connectivity index (χ1v) is 5.64. The molecule has 1 aromatic carbocycles. The molecule has 0 fully saturated rings. The molecule has 0 radical (unpaired) electrons. The lowest BCUT2D eigenvalue weighted by atomic mass is 10.2. The molecule has 0 unspecified atom stereocenters. The Kier molecular flexibility index (Phi) is 6.09. The van der Waals surface area contributed by atoms with E-state index in [4.69, 9.17) is 0 Å². The maximum atomic E-state index is 11.4. The minimum absolute atomic E-state index is 0. The molecule has 1 N–H and O–H groups in total. The van der Waals surface area contributed by atoms with Gasteiger partial charge in [-0.15, -0.1) is 0 Å². The molecule has 0 aliphatic rings. The normalized spacial score (nSPS) is 10.4. The molecule has 0 atom stereocenters. The minimum Gasteiger partial charge on any atom is -1.00 e.